The molecule has 0 radical (unpaired) electrons. The van der Waals surface area contributed by atoms with Gasteiger partial charge in [0.1, 0.15) is 5.76 Å². The van der Waals surface area contributed by atoms with Crippen LogP contribution in [0, 0.1) is 6.92 Å². The number of carbonyl (C=O) groups is 1. The molecule has 4 nitrogen and oxygen atoms in total. The summed E-state index contributed by atoms with van der Waals surface area (Å²) in [5.41, 5.74) is 2.59. The minimum Gasteiger partial charge on any atom is -0.469 e. The molecule has 0 spiro atoms. The van der Waals surface area contributed by atoms with Gasteiger partial charge in [-0.3, -0.25) is 4.79 Å². The van der Waals surface area contributed by atoms with Crippen molar-refractivity contribution in [2.75, 3.05) is 12.4 Å². The number of amides is 1. The summed E-state index contributed by atoms with van der Waals surface area (Å²) in [5.74, 6) is 0.850. The summed E-state index contributed by atoms with van der Waals surface area (Å²) >= 11 is 0. The van der Waals surface area contributed by atoms with Crippen molar-refractivity contribution in [1.29, 1.82) is 0 Å². The van der Waals surface area contributed by atoms with Crippen LogP contribution in [0.25, 0.3) is 0 Å². The van der Waals surface area contributed by atoms with Gasteiger partial charge in [-0.25, -0.2) is 0 Å². The molecule has 21 heavy (non-hydrogen) atoms. The lowest BCUT2D eigenvalue weighted by Crippen LogP contribution is -2.27. The molecule has 1 heterocycles. The van der Waals surface area contributed by atoms with Crippen molar-refractivity contribution in [3.63, 3.8) is 0 Å². The maximum Gasteiger partial charge on any atom is 0.255 e. The molecule has 0 aliphatic rings. The van der Waals surface area contributed by atoms with Gasteiger partial charge in [-0.05, 0) is 39.0 Å². The third-order valence-corrected chi connectivity index (χ3v) is 3.32. The van der Waals surface area contributed by atoms with Gasteiger partial charge in [0.15, 0.2) is 0 Å². The van der Waals surface area contributed by atoms with Crippen LogP contribution in [0.15, 0.2) is 41.0 Å². The fourth-order valence-corrected chi connectivity index (χ4v) is 2.21. The van der Waals surface area contributed by atoms with Gasteiger partial charge in [0.25, 0.3) is 5.91 Å². The lowest BCUT2D eigenvalue weighted by molar-refractivity contribution is 0.0785. The Morgan fingerprint density at radius 1 is 1.29 bits per heavy atom. The molecular formula is C17H22N2O2. The van der Waals surface area contributed by atoms with E-state index in [0.717, 1.165) is 17.0 Å². The first-order valence-electron chi connectivity index (χ1n) is 7.13. The van der Waals surface area contributed by atoms with E-state index in [-0.39, 0.29) is 11.9 Å². The van der Waals surface area contributed by atoms with E-state index in [1.807, 2.05) is 37.3 Å². The number of anilines is 1. The SMILES string of the molecule is Cc1occc1CN(C)C(=O)c1ccccc1NC(C)C. The van der Waals surface area contributed by atoms with Crippen LogP contribution in [0.5, 0.6) is 0 Å². The Morgan fingerprint density at radius 2 is 2.00 bits per heavy atom. The Balaban J connectivity index is 2.17. The predicted octanol–water partition coefficient (Wildman–Crippen LogP) is 3.68. The van der Waals surface area contributed by atoms with Gasteiger partial charge < -0.3 is 14.6 Å². The maximum atomic E-state index is 12.6. The van der Waals surface area contributed by atoms with Crippen LogP contribution in [-0.2, 0) is 6.54 Å². The average molecular weight is 286 g/mol. The van der Waals surface area contributed by atoms with Gasteiger partial charge in [0.2, 0.25) is 0 Å². The van der Waals surface area contributed by atoms with Crippen molar-refractivity contribution >= 4 is 11.6 Å². The molecule has 2 rings (SSSR count). The van der Waals surface area contributed by atoms with E-state index in [2.05, 4.69) is 19.2 Å². The number of hydrogen-bond acceptors (Lipinski definition) is 3. The Morgan fingerprint density at radius 3 is 2.62 bits per heavy atom. The quantitative estimate of drug-likeness (QED) is 0.912. The summed E-state index contributed by atoms with van der Waals surface area (Å²) in [6.45, 7) is 6.55. The summed E-state index contributed by atoms with van der Waals surface area (Å²) in [6.07, 6.45) is 1.65. The molecule has 0 unspecified atom stereocenters. The molecule has 0 saturated carbocycles. The van der Waals surface area contributed by atoms with E-state index in [9.17, 15) is 4.79 Å². The van der Waals surface area contributed by atoms with E-state index in [0.29, 0.717) is 12.1 Å². The van der Waals surface area contributed by atoms with Crippen LogP contribution in [0.3, 0.4) is 0 Å². The van der Waals surface area contributed by atoms with E-state index in [1.165, 1.54) is 0 Å². The zero-order valence-electron chi connectivity index (χ0n) is 13.0. The summed E-state index contributed by atoms with van der Waals surface area (Å²) in [4.78, 5) is 14.3. The fraction of sp³-hybridized carbons (Fsp3) is 0.353. The Kier molecular flexibility index (Phi) is 4.68. The highest BCUT2D eigenvalue weighted by Crippen LogP contribution is 2.19. The maximum absolute atomic E-state index is 12.6. The molecule has 4 heteroatoms. The Labute approximate surface area is 125 Å². The number of hydrogen-bond donors (Lipinski definition) is 1. The van der Waals surface area contributed by atoms with Crippen molar-refractivity contribution in [3.8, 4) is 0 Å². The largest absolute Gasteiger partial charge is 0.469 e. The first-order valence-corrected chi connectivity index (χ1v) is 7.13. The number of rotatable bonds is 5. The molecular weight excluding hydrogens is 264 g/mol. The molecule has 0 saturated heterocycles. The van der Waals surface area contributed by atoms with Crippen molar-refractivity contribution in [3.05, 3.63) is 53.5 Å². The zero-order chi connectivity index (χ0) is 15.4. The molecule has 2 aromatic rings. The topological polar surface area (TPSA) is 45.5 Å². The van der Waals surface area contributed by atoms with Crippen LogP contribution in [0.4, 0.5) is 5.69 Å². The number of carbonyl (C=O) groups excluding carboxylic acids is 1. The van der Waals surface area contributed by atoms with Crippen LogP contribution < -0.4 is 5.32 Å². The Bertz CT molecular complexity index is 617. The third-order valence-electron chi connectivity index (χ3n) is 3.32. The standard InChI is InChI=1S/C17H22N2O2/c1-12(2)18-16-8-6-5-7-15(16)17(20)19(4)11-14-9-10-21-13(14)3/h5-10,12,18H,11H2,1-4H3. The second-order valence-electron chi connectivity index (χ2n) is 5.51. The number of para-hydroxylation sites is 1. The molecule has 1 aromatic carbocycles. The molecule has 1 N–H and O–H groups in total. The number of benzene rings is 1. The van der Waals surface area contributed by atoms with Crippen LogP contribution in [0.1, 0.15) is 35.5 Å². The average Bonchev–Trinajstić information content (AvgIpc) is 2.83. The molecule has 0 atom stereocenters. The van der Waals surface area contributed by atoms with Crippen LogP contribution in [-0.4, -0.2) is 23.9 Å². The van der Waals surface area contributed by atoms with Crippen molar-refractivity contribution in [2.45, 2.75) is 33.4 Å². The molecule has 112 valence electrons. The number of furan rings is 1. The van der Waals surface area contributed by atoms with Gasteiger partial charge in [-0.2, -0.15) is 0 Å². The van der Waals surface area contributed by atoms with Gasteiger partial charge in [-0.1, -0.05) is 12.1 Å². The molecule has 0 bridgehead atoms. The number of nitrogens with zero attached hydrogens (tertiary/aromatic N) is 1. The fourth-order valence-electron chi connectivity index (χ4n) is 2.21. The van der Waals surface area contributed by atoms with E-state index < -0.39 is 0 Å². The molecule has 0 aliphatic carbocycles. The summed E-state index contributed by atoms with van der Waals surface area (Å²) in [6, 6.07) is 9.78. The summed E-state index contributed by atoms with van der Waals surface area (Å²) in [7, 11) is 1.81. The zero-order valence-corrected chi connectivity index (χ0v) is 13.0. The monoisotopic (exact) mass is 286 g/mol. The van der Waals surface area contributed by atoms with Gasteiger partial charge >= 0.3 is 0 Å². The first kappa shape index (κ1) is 15.2. The molecule has 0 fully saturated rings. The highest BCUT2D eigenvalue weighted by Gasteiger charge is 2.17. The van der Waals surface area contributed by atoms with E-state index >= 15 is 0 Å². The second-order valence-corrected chi connectivity index (χ2v) is 5.51. The summed E-state index contributed by atoms with van der Waals surface area (Å²) in [5, 5.41) is 3.31. The normalized spacial score (nSPS) is 10.7. The second kappa shape index (κ2) is 6.48. The predicted molar refractivity (Wildman–Crippen MR) is 84.4 cm³/mol. The van der Waals surface area contributed by atoms with Crippen molar-refractivity contribution < 1.29 is 9.21 Å². The van der Waals surface area contributed by atoms with E-state index in [1.54, 1.807) is 18.2 Å². The van der Waals surface area contributed by atoms with Crippen molar-refractivity contribution in [1.82, 2.24) is 4.90 Å². The van der Waals surface area contributed by atoms with Gasteiger partial charge in [-0.15, -0.1) is 0 Å². The van der Waals surface area contributed by atoms with E-state index in [4.69, 9.17) is 4.42 Å². The smallest absolute Gasteiger partial charge is 0.255 e. The van der Waals surface area contributed by atoms with Crippen LogP contribution in [0.2, 0.25) is 0 Å². The summed E-state index contributed by atoms with van der Waals surface area (Å²) < 4.78 is 5.28. The van der Waals surface area contributed by atoms with Gasteiger partial charge in [0.05, 0.1) is 11.8 Å². The molecule has 1 amide bonds. The van der Waals surface area contributed by atoms with Gasteiger partial charge in [0, 0.05) is 30.9 Å². The highest BCUT2D eigenvalue weighted by atomic mass is 16.3. The Hall–Kier alpha value is -2.23. The number of aryl methyl sites for hydroxylation is 1. The van der Waals surface area contributed by atoms with Crippen LogP contribution >= 0.6 is 0 Å². The lowest BCUT2D eigenvalue weighted by Gasteiger charge is -2.20. The first-order chi connectivity index (χ1) is 9.99. The number of nitrogens with one attached hydrogen (secondary N) is 1. The molecule has 0 aliphatic heterocycles. The minimum absolute atomic E-state index is 0.000602. The lowest BCUT2D eigenvalue weighted by atomic mass is 10.1. The highest BCUT2D eigenvalue weighted by molar-refractivity contribution is 5.99. The third kappa shape index (κ3) is 3.66. The molecule has 1 aromatic heterocycles. The van der Waals surface area contributed by atoms with Crippen molar-refractivity contribution in [2.24, 2.45) is 0 Å². The minimum atomic E-state index is -0.000602.